The molecule has 1 aromatic carbocycles. The molecule has 0 bridgehead atoms. The molecule has 1 rings (SSSR count). The van der Waals surface area contributed by atoms with Crippen LogP contribution >= 0.6 is 11.6 Å². The molecule has 0 atom stereocenters. The fourth-order valence-electron chi connectivity index (χ4n) is 1.60. The van der Waals surface area contributed by atoms with E-state index in [1.807, 2.05) is 50.2 Å². The lowest BCUT2D eigenvalue weighted by atomic mass is 10.1. The van der Waals surface area contributed by atoms with Crippen LogP contribution in [-0.4, -0.2) is 43.9 Å². The Labute approximate surface area is 108 Å². The zero-order valence-corrected chi connectivity index (χ0v) is 11.4. The first-order valence-corrected chi connectivity index (χ1v) is 6.26. The van der Waals surface area contributed by atoms with E-state index in [4.69, 9.17) is 11.6 Å². The predicted octanol–water partition coefficient (Wildman–Crippen LogP) is 2.45. The van der Waals surface area contributed by atoms with Crippen LogP contribution in [0.2, 0.25) is 0 Å². The summed E-state index contributed by atoms with van der Waals surface area (Å²) in [6.45, 7) is 3.22. The fourth-order valence-corrected chi connectivity index (χ4v) is 1.81. The molecule has 94 valence electrons. The quantitative estimate of drug-likeness (QED) is 0.754. The largest absolute Gasteiger partial charge is 0.378 e. The maximum Gasteiger partial charge on any atom is 0.253 e. The van der Waals surface area contributed by atoms with Gasteiger partial charge >= 0.3 is 0 Å². The van der Waals surface area contributed by atoms with Gasteiger partial charge in [-0.2, -0.15) is 0 Å². The molecule has 0 aliphatic heterocycles. The van der Waals surface area contributed by atoms with Crippen molar-refractivity contribution in [1.29, 1.82) is 0 Å². The molecule has 0 unspecified atom stereocenters. The molecule has 0 saturated heterocycles. The number of nitrogens with zero attached hydrogens (tertiary/aromatic N) is 2. The Morgan fingerprint density at radius 2 is 2.06 bits per heavy atom. The molecular formula is C13H19ClN2O. The van der Waals surface area contributed by atoms with Gasteiger partial charge in [0.05, 0.1) is 0 Å². The van der Waals surface area contributed by atoms with Gasteiger partial charge in [0, 0.05) is 44.3 Å². The lowest BCUT2D eigenvalue weighted by molar-refractivity contribution is 0.0774. The first-order chi connectivity index (χ1) is 8.10. The third kappa shape index (κ3) is 3.63. The summed E-state index contributed by atoms with van der Waals surface area (Å²) in [5.74, 6) is 0.504. The van der Waals surface area contributed by atoms with Gasteiger partial charge in [-0.25, -0.2) is 0 Å². The minimum atomic E-state index is 0.0388. The SMILES string of the molecule is CCN(CCCl)C(=O)c1cccc(N(C)C)c1. The highest BCUT2D eigenvalue weighted by molar-refractivity contribution is 6.18. The highest BCUT2D eigenvalue weighted by Crippen LogP contribution is 2.15. The Bertz CT molecular complexity index is 379. The first-order valence-electron chi connectivity index (χ1n) is 5.72. The molecular weight excluding hydrogens is 236 g/mol. The van der Waals surface area contributed by atoms with E-state index in [0.29, 0.717) is 24.5 Å². The number of hydrogen-bond acceptors (Lipinski definition) is 2. The van der Waals surface area contributed by atoms with Gasteiger partial charge in [0.15, 0.2) is 0 Å². The highest BCUT2D eigenvalue weighted by Gasteiger charge is 2.13. The van der Waals surface area contributed by atoms with Crippen molar-refractivity contribution in [1.82, 2.24) is 4.90 Å². The average Bonchev–Trinajstić information content (AvgIpc) is 2.35. The molecule has 0 aliphatic carbocycles. The second kappa shape index (κ2) is 6.50. The van der Waals surface area contributed by atoms with Crippen LogP contribution in [0.25, 0.3) is 0 Å². The van der Waals surface area contributed by atoms with E-state index in [1.165, 1.54) is 0 Å². The van der Waals surface area contributed by atoms with Crippen LogP contribution in [0.15, 0.2) is 24.3 Å². The summed E-state index contributed by atoms with van der Waals surface area (Å²) in [5, 5.41) is 0. The van der Waals surface area contributed by atoms with E-state index in [2.05, 4.69) is 0 Å². The zero-order chi connectivity index (χ0) is 12.8. The summed E-state index contributed by atoms with van der Waals surface area (Å²) in [5.41, 5.74) is 1.74. The minimum Gasteiger partial charge on any atom is -0.378 e. The molecule has 4 heteroatoms. The number of rotatable bonds is 5. The van der Waals surface area contributed by atoms with Gasteiger partial charge < -0.3 is 9.80 Å². The number of anilines is 1. The Morgan fingerprint density at radius 1 is 1.35 bits per heavy atom. The fraction of sp³-hybridized carbons (Fsp3) is 0.462. The van der Waals surface area contributed by atoms with Crippen LogP contribution in [0, 0.1) is 0 Å². The maximum absolute atomic E-state index is 12.2. The molecule has 0 heterocycles. The number of carbonyl (C=O) groups is 1. The standard InChI is InChI=1S/C13H19ClN2O/c1-4-16(9-8-14)13(17)11-6-5-7-12(10-11)15(2)3/h5-7,10H,4,8-9H2,1-3H3. The summed E-state index contributed by atoms with van der Waals surface area (Å²) < 4.78 is 0. The molecule has 1 aromatic rings. The maximum atomic E-state index is 12.2. The van der Waals surface area contributed by atoms with E-state index in [0.717, 1.165) is 5.69 Å². The molecule has 0 aromatic heterocycles. The average molecular weight is 255 g/mol. The van der Waals surface area contributed by atoms with E-state index < -0.39 is 0 Å². The number of benzene rings is 1. The molecule has 0 fully saturated rings. The Hall–Kier alpha value is -1.22. The minimum absolute atomic E-state index is 0.0388. The summed E-state index contributed by atoms with van der Waals surface area (Å²) in [6, 6.07) is 7.62. The van der Waals surface area contributed by atoms with E-state index >= 15 is 0 Å². The Morgan fingerprint density at radius 3 is 2.59 bits per heavy atom. The van der Waals surface area contributed by atoms with Gasteiger partial charge in [-0.1, -0.05) is 6.07 Å². The Kier molecular flexibility index (Phi) is 5.29. The summed E-state index contributed by atoms with van der Waals surface area (Å²) >= 11 is 5.69. The Balaban J connectivity index is 2.91. The number of hydrogen-bond donors (Lipinski definition) is 0. The van der Waals surface area contributed by atoms with E-state index in [9.17, 15) is 4.79 Å². The van der Waals surface area contributed by atoms with Crippen LogP contribution < -0.4 is 4.90 Å². The second-order valence-corrected chi connectivity index (χ2v) is 4.40. The lowest BCUT2D eigenvalue weighted by Gasteiger charge is -2.20. The van der Waals surface area contributed by atoms with Crippen LogP contribution in [0.1, 0.15) is 17.3 Å². The summed E-state index contributed by atoms with van der Waals surface area (Å²) in [6.07, 6.45) is 0. The number of halogens is 1. The molecule has 3 nitrogen and oxygen atoms in total. The van der Waals surface area contributed by atoms with Crippen LogP contribution in [-0.2, 0) is 0 Å². The smallest absolute Gasteiger partial charge is 0.253 e. The van der Waals surface area contributed by atoms with Crippen molar-refractivity contribution in [3.63, 3.8) is 0 Å². The van der Waals surface area contributed by atoms with Crippen molar-refractivity contribution in [3.8, 4) is 0 Å². The molecule has 17 heavy (non-hydrogen) atoms. The number of amides is 1. The lowest BCUT2D eigenvalue weighted by Crippen LogP contribution is -2.32. The van der Waals surface area contributed by atoms with Crippen molar-refractivity contribution >= 4 is 23.2 Å². The molecule has 0 saturated carbocycles. The third-order valence-electron chi connectivity index (χ3n) is 2.63. The van der Waals surface area contributed by atoms with Crippen LogP contribution in [0.5, 0.6) is 0 Å². The van der Waals surface area contributed by atoms with Gasteiger partial charge in [0.2, 0.25) is 0 Å². The normalized spacial score (nSPS) is 10.1. The molecule has 0 aliphatic rings. The highest BCUT2D eigenvalue weighted by atomic mass is 35.5. The predicted molar refractivity (Wildman–Crippen MR) is 73.1 cm³/mol. The van der Waals surface area contributed by atoms with Crippen molar-refractivity contribution < 1.29 is 4.79 Å². The van der Waals surface area contributed by atoms with Gasteiger partial charge in [-0.15, -0.1) is 11.6 Å². The molecule has 1 amide bonds. The van der Waals surface area contributed by atoms with Crippen LogP contribution in [0.3, 0.4) is 0 Å². The van der Waals surface area contributed by atoms with Gasteiger partial charge in [-0.05, 0) is 25.1 Å². The number of alkyl halides is 1. The van der Waals surface area contributed by atoms with E-state index in [1.54, 1.807) is 4.90 Å². The van der Waals surface area contributed by atoms with Crippen LogP contribution in [0.4, 0.5) is 5.69 Å². The second-order valence-electron chi connectivity index (χ2n) is 4.02. The van der Waals surface area contributed by atoms with Gasteiger partial charge in [0.1, 0.15) is 0 Å². The molecule has 0 N–H and O–H groups in total. The van der Waals surface area contributed by atoms with Crippen molar-refractivity contribution in [2.24, 2.45) is 0 Å². The summed E-state index contributed by atoms with van der Waals surface area (Å²) in [7, 11) is 3.92. The number of carbonyl (C=O) groups excluding carboxylic acids is 1. The van der Waals surface area contributed by atoms with Gasteiger partial charge in [0.25, 0.3) is 5.91 Å². The first kappa shape index (κ1) is 13.8. The molecule has 0 radical (unpaired) electrons. The van der Waals surface area contributed by atoms with Crippen molar-refractivity contribution in [3.05, 3.63) is 29.8 Å². The summed E-state index contributed by atoms with van der Waals surface area (Å²) in [4.78, 5) is 15.9. The third-order valence-corrected chi connectivity index (χ3v) is 2.80. The van der Waals surface area contributed by atoms with Crippen molar-refractivity contribution in [2.45, 2.75) is 6.92 Å². The topological polar surface area (TPSA) is 23.6 Å². The van der Waals surface area contributed by atoms with Gasteiger partial charge in [-0.3, -0.25) is 4.79 Å². The molecule has 0 spiro atoms. The zero-order valence-electron chi connectivity index (χ0n) is 10.6. The monoisotopic (exact) mass is 254 g/mol. The van der Waals surface area contributed by atoms with Crippen molar-refractivity contribution in [2.75, 3.05) is 38.0 Å². The van der Waals surface area contributed by atoms with E-state index in [-0.39, 0.29) is 5.91 Å².